The molecular weight excluding hydrogens is 241 g/mol. The second kappa shape index (κ2) is 4.92. The summed E-state index contributed by atoms with van der Waals surface area (Å²) in [5.41, 5.74) is -0.0666. The molecule has 0 aliphatic carbocycles. The standard InChI is InChI=1S/C13H17ClFNO/c1-13(17)6-3-7-16(9-13)8-10-4-2-5-11(14)12(10)15/h2,4-5,17H,3,6-9H2,1H3. The lowest BCUT2D eigenvalue weighted by Crippen LogP contribution is -2.45. The lowest BCUT2D eigenvalue weighted by molar-refractivity contribution is -0.0184. The van der Waals surface area contributed by atoms with Crippen molar-refractivity contribution in [1.29, 1.82) is 0 Å². The van der Waals surface area contributed by atoms with E-state index < -0.39 is 5.60 Å². The zero-order valence-corrected chi connectivity index (χ0v) is 10.7. The van der Waals surface area contributed by atoms with E-state index in [0.29, 0.717) is 18.7 Å². The van der Waals surface area contributed by atoms with E-state index in [1.54, 1.807) is 18.2 Å². The third-order valence-electron chi connectivity index (χ3n) is 3.18. The molecule has 1 fully saturated rings. The normalized spacial score (nSPS) is 26.1. The number of hydrogen-bond acceptors (Lipinski definition) is 2. The molecular formula is C13H17ClFNO. The van der Waals surface area contributed by atoms with Crippen LogP contribution in [-0.4, -0.2) is 28.7 Å². The average molecular weight is 258 g/mol. The molecule has 1 unspecified atom stereocenters. The Kier molecular flexibility index (Phi) is 3.71. The van der Waals surface area contributed by atoms with Crippen LogP contribution in [0.5, 0.6) is 0 Å². The third-order valence-corrected chi connectivity index (χ3v) is 3.47. The highest BCUT2D eigenvalue weighted by Gasteiger charge is 2.28. The lowest BCUT2D eigenvalue weighted by Gasteiger charge is -2.36. The van der Waals surface area contributed by atoms with E-state index >= 15 is 0 Å². The lowest BCUT2D eigenvalue weighted by atomic mass is 9.95. The smallest absolute Gasteiger partial charge is 0.146 e. The van der Waals surface area contributed by atoms with Gasteiger partial charge in [-0.25, -0.2) is 4.39 Å². The molecule has 1 N–H and O–H groups in total. The van der Waals surface area contributed by atoms with Gasteiger partial charge in [0.2, 0.25) is 0 Å². The monoisotopic (exact) mass is 257 g/mol. The SMILES string of the molecule is CC1(O)CCCN(Cc2cccc(Cl)c2F)C1. The van der Waals surface area contributed by atoms with Crippen LogP contribution >= 0.6 is 11.6 Å². The van der Waals surface area contributed by atoms with Crippen molar-refractivity contribution in [1.82, 2.24) is 4.90 Å². The molecule has 94 valence electrons. The first kappa shape index (κ1) is 12.8. The summed E-state index contributed by atoms with van der Waals surface area (Å²) < 4.78 is 13.7. The maximum Gasteiger partial charge on any atom is 0.146 e. The highest BCUT2D eigenvalue weighted by molar-refractivity contribution is 6.30. The van der Waals surface area contributed by atoms with E-state index in [2.05, 4.69) is 4.90 Å². The molecule has 0 bridgehead atoms. The van der Waals surface area contributed by atoms with Gasteiger partial charge in [0, 0.05) is 18.7 Å². The summed E-state index contributed by atoms with van der Waals surface area (Å²) in [6, 6.07) is 5.04. The molecule has 1 saturated heterocycles. The first-order valence-corrected chi connectivity index (χ1v) is 6.23. The number of hydrogen-bond donors (Lipinski definition) is 1. The first-order chi connectivity index (χ1) is 7.98. The van der Waals surface area contributed by atoms with Gasteiger partial charge >= 0.3 is 0 Å². The second-order valence-corrected chi connectivity index (χ2v) is 5.43. The summed E-state index contributed by atoms with van der Waals surface area (Å²) in [7, 11) is 0. The second-order valence-electron chi connectivity index (χ2n) is 5.02. The average Bonchev–Trinajstić information content (AvgIpc) is 2.23. The molecule has 0 aromatic heterocycles. The molecule has 0 spiro atoms. The van der Waals surface area contributed by atoms with Crippen LogP contribution < -0.4 is 0 Å². The number of aliphatic hydroxyl groups is 1. The summed E-state index contributed by atoms with van der Waals surface area (Å²) in [5, 5.41) is 10.1. The van der Waals surface area contributed by atoms with Gasteiger partial charge in [0.05, 0.1) is 10.6 Å². The molecule has 0 saturated carbocycles. The molecule has 4 heteroatoms. The Labute approximate surface area is 106 Å². The summed E-state index contributed by atoms with van der Waals surface area (Å²) in [6.07, 6.45) is 1.75. The number of likely N-dealkylation sites (tertiary alicyclic amines) is 1. The van der Waals surface area contributed by atoms with Crippen molar-refractivity contribution in [2.24, 2.45) is 0 Å². The van der Waals surface area contributed by atoms with E-state index in [0.717, 1.165) is 19.4 Å². The minimum Gasteiger partial charge on any atom is -0.389 e. The largest absolute Gasteiger partial charge is 0.389 e. The maximum atomic E-state index is 13.7. The van der Waals surface area contributed by atoms with Gasteiger partial charge in [0.25, 0.3) is 0 Å². The Hall–Kier alpha value is -0.640. The molecule has 1 aliphatic heterocycles. The Balaban J connectivity index is 2.08. The Morgan fingerprint density at radius 2 is 2.29 bits per heavy atom. The van der Waals surface area contributed by atoms with Gasteiger partial charge in [-0.2, -0.15) is 0 Å². The molecule has 1 aliphatic rings. The zero-order valence-electron chi connectivity index (χ0n) is 9.92. The highest BCUT2D eigenvalue weighted by atomic mass is 35.5. The summed E-state index contributed by atoms with van der Waals surface area (Å²) >= 11 is 5.74. The maximum absolute atomic E-state index is 13.7. The van der Waals surface area contributed by atoms with Crippen molar-refractivity contribution in [3.8, 4) is 0 Å². The van der Waals surface area contributed by atoms with Crippen LogP contribution in [0, 0.1) is 5.82 Å². The van der Waals surface area contributed by atoms with E-state index in [1.165, 1.54) is 0 Å². The number of benzene rings is 1. The Morgan fingerprint density at radius 3 is 3.00 bits per heavy atom. The van der Waals surface area contributed by atoms with Crippen LogP contribution in [0.1, 0.15) is 25.3 Å². The molecule has 0 radical (unpaired) electrons. The van der Waals surface area contributed by atoms with Gasteiger partial charge in [-0.1, -0.05) is 23.7 Å². The van der Waals surface area contributed by atoms with Gasteiger partial charge in [0.1, 0.15) is 5.82 Å². The molecule has 1 aromatic rings. The number of rotatable bonds is 2. The van der Waals surface area contributed by atoms with Crippen LogP contribution in [0.15, 0.2) is 18.2 Å². The quantitative estimate of drug-likeness (QED) is 0.881. The van der Waals surface area contributed by atoms with Crippen LogP contribution in [0.3, 0.4) is 0 Å². The van der Waals surface area contributed by atoms with Gasteiger partial charge in [0.15, 0.2) is 0 Å². The van der Waals surface area contributed by atoms with Crippen molar-refractivity contribution >= 4 is 11.6 Å². The molecule has 0 amide bonds. The number of nitrogens with zero attached hydrogens (tertiary/aromatic N) is 1. The zero-order chi connectivity index (χ0) is 12.5. The van der Waals surface area contributed by atoms with E-state index in [4.69, 9.17) is 11.6 Å². The van der Waals surface area contributed by atoms with E-state index in [-0.39, 0.29) is 10.8 Å². The molecule has 1 aromatic carbocycles. The van der Waals surface area contributed by atoms with Gasteiger partial charge in [-0.05, 0) is 32.4 Å². The van der Waals surface area contributed by atoms with Crippen molar-refractivity contribution < 1.29 is 9.50 Å². The van der Waals surface area contributed by atoms with Crippen LogP contribution in [0.25, 0.3) is 0 Å². The molecule has 1 heterocycles. The van der Waals surface area contributed by atoms with Crippen molar-refractivity contribution in [2.45, 2.75) is 31.9 Å². The van der Waals surface area contributed by atoms with Crippen LogP contribution in [0.4, 0.5) is 4.39 Å². The van der Waals surface area contributed by atoms with Crippen LogP contribution in [0.2, 0.25) is 5.02 Å². The summed E-state index contributed by atoms with van der Waals surface area (Å²) in [5.74, 6) is -0.348. The predicted octanol–water partition coefficient (Wildman–Crippen LogP) is 2.83. The molecule has 17 heavy (non-hydrogen) atoms. The van der Waals surface area contributed by atoms with Crippen LogP contribution in [-0.2, 0) is 6.54 Å². The van der Waals surface area contributed by atoms with Crippen molar-refractivity contribution in [2.75, 3.05) is 13.1 Å². The predicted molar refractivity (Wildman–Crippen MR) is 66.5 cm³/mol. The fourth-order valence-corrected chi connectivity index (χ4v) is 2.56. The number of β-amino-alcohol motifs (C(OH)–C–C–N with tert-alkyl or cyclic N) is 1. The topological polar surface area (TPSA) is 23.5 Å². The van der Waals surface area contributed by atoms with E-state index in [9.17, 15) is 9.50 Å². The molecule has 2 rings (SSSR count). The minimum absolute atomic E-state index is 0.159. The van der Waals surface area contributed by atoms with Crippen molar-refractivity contribution in [3.63, 3.8) is 0 Å². The van der Waals surface area contributed by atoms with Crippen molar-refractivity contribution in [3.05, 3.63) is 34.6 Å². The van der Waals surface area contributed by atoms with Gasteiger partial charge in [-0.3, -0.25) is 4.90 Å². The molecule has 1 atom stereocenters. The molecule has 2 nitrogen and oxygen atoms in total. The minimum atomic E-state index is -0.659. The fourth-order valence-electron chi connectivity index (χ4n) is 2.37. The highest BCUT2D eigenvalue weighted by Crippen LogP contribution is 2.24. The summed E-state index contributed by atoms with van der Waals surface area (Å²) in [4.78, 5) is 2.07. The van der Waals surface area contributed by atoms with Gasteiger partial charge in [-0.15, -0.1) is 0 Å². The Bertz CT molecular complexity index is 408. The fraction of sp³-hybridized carbons (Fsp3) is 0.538. The third kappa shape index (κ3) is 3.18. The van der Waals surface area contributed by atoms with Gasteiger partial charge < -0.3 is 5.11 Å². The first-order valence-electron chi connectivity index (χ1n) is 5.85. The van der Waals surface area contributed by atoms with E-state index in [1.807, 2.05) is 6.92 Å². The number of halogens is 2. The summed E-state index contributed by atoms with van der Waals surface area (Å²) in [6.45, 7) is 3.80. The Morgan fingerprint density at radius 1 is 1.53 bits per heavy atom. The number of piperidine rings is 1.